The Kier molecular flexibility index (Phi) is 3.91. The molecule has 0 aliphatic carbocycles. The van der Waals surface area contributed by atoms with E-state index < -0.39 is 0 Å². The van der Waals surface area contributed by atoms with Crippen LogP contribution in [0.1, 0.15) is 6.42 Å². The number of benzene rings is 1. The molecule has 2 rings (SSSR count). The normalized spacial score (nSPS) is 18.2. The molecule has 1 saturated heterocycles. The average molecular weight is 241 g/mol. The average Bonchev–Trinajstić information content (AvgIpc) is 2.54. The molecule has 0 unspecified atom stereocenters. The number of rotatable bonds is 2. The molecule has 1 aliphatic rings. The Hall–Kier alpha value is -0.930. The van der Waals surface area contributed by atoms with E-state index in [1.807, 2.05) is 22.6 Å². The molecule has 3 nitrogen and oxygen atoms in total. The second-order valence-electron chi connectivity index (χ2n) is 3.92. The van der Waals surface area contributed by atoms with E-state index in [0.717, 1.165) is 44.0 Å². The molecule has 1 aromatic rings. The summed E-state index contributed by atoms with van der Waals surface area (Å²) in [5.74, 6) is 0.936. The highest BCUT2D eigenvalue weighted by Gasteiger charge is 2.16. The Bertz CT molecular complexity index is 346. The van der Waals surface area contributed by atoms with Gasteiger partial charge in [0, 0.05) is 26.2 Å². The van der Waals surface area contributed by atoms with Gasteiger partial charge in [0.15, 0.2) is 0 Å². The van der Waals surface area contributed by atoms with Crippen LogP contribution >= 0.6 is 11.8 Å². The summed E-state index contributed by atoms with van der Waals surface area (Å²) in [6.07, 6.45) is 1.08. The predicted octanol–water partition coefficient (Wildman–Crippen LogP) is 2.36. The highest BCUT2D eigenvalue weighted by molar-refractivity contribution is 6.13. The predicted molar refractivity (Wildman–Crippen MR) is 67.3 cm³/mol. The van der Waals surface area contributed by atoms with Crippen molar-refractivity contribution in [1.29, 1.82) is 0 Å². The van der Waals surface area contributed by atoms with E-state index in [0.29, 0.717) is 0 Å². The first-order valence-corrected chi connectivity index (χ1v) is 5.94. The molecule has 1 aromatic carbocycles. The molecule has 88 valence electrons. The summed E-state index contributed by atoms with van der Waals surface area (Å²) in [5, 5.41) is 0. The molecule has 0 radical (unpaired) electrons. The topological polar surface area (TPSA) is 15.7 Å². The van der Waals surface area contributed by atoms with Crippen molar-refractivity contribution in [2.75, 3.05) is 38.2 Å². The number of hydrogen-bond donors (Lipinski definition) is 0. The molecule has 0 atom stereocenters. The number of ether oxygens (including phenoxy) is 1. The molecule has 0 spiro atoms. The summed E-state index contributed by atoms with van der Waals surface area (Å²) in [7, 11) is 1.71. The van der Waals surface area contributed by atoms with E-state index in [-0.39, 0.29) is 0 Å². The lowest BCUT2D eigenvalue weighted by molar-refractivity contribution is 0.414. The van der Waals surface area contributed by atoms with Crippen LogP contribution in [0.4, 0.5) is 5.69 Å². The third-order valence-corrected chi connectivity index (χ3v) is 3.21. The molecule has 0 bridgehead atoms. The minimum atomic E-state index is 0.888. The summed E-state index contributed by atoms with van der Waals surface area (Å²) >= 11 is 6.02. The second-order valence-corrected chi connectivity index (χ2v) is 4.40. The Morgan fingerprint density at radius 1 is 1.12 bits per heavy atom. The first kappa shape index (κ1) is 11.6. The zero-order valence-electron chi connectivity index (χ0n) is 9.53. The minimum absolute atomic E-state index is 0.888. The number of anilines is 1. The van der Waals surface area contributed by atoms with Gasteiger partial charge in [-0.25, -0.2) is 4.42 Å². The van der Waals surface area contributed by atoms with Crippen molar-refractivity contribution in [3.63, 3.8) is 0 Å². The van der Waals surface area contributed by atoms with Crippen molar-refractivity contribution in [2.45, 2.75) is 6.42 Å². The maximum Gasteiger partial charge on any atom is 0.142 e. The van der Waals surface area contributed by atoms with E-state index in [4.69, 9.17) is 16.5 Å². The standard InChI is InChI=1S/C12H17ClN2O/c1-16-12-6-3-2-5-11(12)14-7-4-8-15(13)10-9-14/h2-3,5-6H,4,7-10H2,1H3. The van der Waals surface area contributed by atoms with Gasteiger partial charge in [-0.3, -0.25) is 0 Å². The van der Waals surface area contributed by atoms with Crippen molar-refractivity contribution >= 4 is 17.5 Å². The molecule has 0 N–H and O–H groups in total. The SMILES string of the molecule is COc1ccccc1N1CCCN(Cl)CC1. The fourth-order valence-electron chi connectivity index (χ4n) is 2.02. The van der Waals surface area contributed by atoms with Gasteiger partial charge >= 0.3 is 0 Å². The van der Waals surface area contributed by atoms with Crippen molar-refractivity contribution in [3.05, 3.63) is 24.3 Å². The largest absolute Gasteiger partial charge is 0.495 e. The quantitative estimate of drug-likeness (QED) is 0.739. The Balaban J connectivity index is 2.16. The van der Waals surface area contributed by atoms with Gasteiger partial charge in [0.2, 0.25) is 0 Å². The maximum absolute atomic E-state index is 6.02. The summed E-state index contributed by atoms with van der Waals surface area (Å²) in [6, 6.07) is 8.14. The van der Waals surface area contributed by atoms with Crippen LogP contribution in [-0.2, 0) is 0 Å². The second kappa shape index (κ2) is 5.41. The molecule has 1 heterocycles. The number of halogens is 1. The molecule has 1 fully saturated rings. The molecule has 0 aromatic heterocycles. The van der Waals surface area contributed by atoms with Crippen LogP contribution in [0.5, 0.6) is 5.75 Å². The fourth-order valence-corrected chi connectivity index (χ4v) is 2.21. The summed E-state index contributed by atoms with van der Waals surface area (Å²) < 4.78 is 7.23. The van der Waals surface area contributed by atoms with Gasteiger partial charge in [0.25, 0.3) is 0 Å². The third kappa shape index (κ3) is 2.60. The van der Waals surface area contributed by atoms with Crippen molar-refractivity contribution in [2.24, 2.45) is 0 Å². The molecule has 1 aliphatic heterocycles. The van der Waals surface area contributed by atoms with Crippen LogP contribution in [0, 0.1) is 0 Å². The summed E-state index contributed by atoms with van der Waals surface area (Å²) in [5.41, 5.74) is 1.16. The number of hydrogen-bond acceptors (Lipinski definition) is 3. The Morgan fingerprint density at radius 2 is 1.94 bits per heavy atom. The molecular weight excluding hydrogens is 224 g/mol. The van der Waals surface area contributed by atoms with Crippen molar-refractivity contribution < 1.29 is 4.74 Å². The van der Waals surface area contributed by atoms with Gasteiger partial charge in [-0.2, -0.15) is 0 Å². The monoisotopic (exact) mass is 240 g/mol. The number of methoxy groups -OCH3 is 1. The lowest BCUT2D eigenvalue weighted by Gasteiger charge is -2.24. The third-order valence-electron chi connectivity index (χ3n) is 2.87. The van der Waals surface area contributed by atoms with Gasteiger partial charge in [-0.15, -0.1) is 0 Å². The molecule has 16 heavy (non-hydrogen) atoms. The molecule has 0 amide bonds. The van der Waals surface area contributed by atoms with Gasteiger partial charge < -0.3 is 9.64 Å². The van der Waals surface area contributed by atoms with Crippen molar-refractivity contribution in [1.82, 2.24) is 4.42 Å². The molecule has 0 saturated carbocycles. The van der Waals surface area contributed by atoms with Gasteiger partial charge in [-0.1, -0.05) is 12.1 Å². The zero-order chi connectivity index (χ0) is 11.4. The van der Waals surface area contributed by atoms with Gasteiger partial charge in [0.1, 0.15) is 5.75 Å². The van der Waals surface area contributed by atoms with E-state index in [9.17, 15) is 0 Å². The Morgan fingerprint density at radius 3 is 2.75 bits per heavy atom. The van der Waals surface area contributed by atoms with Crippen LogP contribution in [-0.4, -0.2) is 37.7 Å². The zero-order valence-corrected chi connectivity index (χ0v) is 10.3. The van der Waals surface area contributed by atoms with Crippen LogP contribution in [0.2, 0.25) is 0 Å². The van der Waals surface area contributed by atoms with Crippen LogP contribution in [0.15, 0.2) is 24.3 Å². The van der Waals surface area contributed by atoms with E-state index in [1.165, 1.54) is 0 Å². The molecular formula is C12H17ClN2O. The van der Waals surface area contributed by atoms with E-state index in [1.54, 1.807) is 7.11 Å². The van der Waals surface area contributed by atoms with E-state index in [2.05, 4.69) is 11.0 Å². The number of nitrogens with zero attached hydrogens (tertiary/aromatic N) is 2. The van der Waals surface area contributed by atoms with Crippen LogP contribution in [0.25, 0.3) is 0 Å². The van der Waals surface area contributed by atoms with Crippen LogP contribution in [0.3, 0.4) is 0 Å². The smallest absolute Gasteiger partial charge is 0.142 e. The summed E-state index contributed by atoms with van der Waals surface area (Å²) in [6.45, 7) is 3.82. The van der Waals surface area contributed by atoms with E-state index >= 15 is 0 Å². The lowest BCUT2D eigenvalue weighted by atomic mass is 10.2. The number of para-hydroxylation sites is 2. The first-order valence-electron chi connectivity index (χ1n) is 5.60. The van der Waals surface area contributed by atoms with Gasteiger partial charge in [-0.05, 0) is 30.3 Å². The highest BCUT2D eigenvalue weighted by atomic mass is 35.5. The lowest BCUT2D eigenvalue weighted by Crippen LogP contribution is -2.27. The van der Waals surface area contributed by atoms with Gasteiger partial charge in [0.05, 0.1) is 12.8 Å². The molecule has 4 heteroatoms. The Labute approximate surface area is 102 Å². The maximum atomic E-state index is 6.02. The highest BCUT2D eigenvalue weighted by Crippen LogP contribution is 2.28. The summed E-state index contributed by atoms with van der Waals surface area (Å²) in [4.78, 5) is 2.33. The fraction of sp³-hybridized carbons (Fsp3) is 0.500. The van der Waals surface area contributed by atoms with Crippen LogP contribution < -0.4 is 9.64 Å². The minimum Gasteiger partial charge on any atom is -0.495 e. The van der Waals surface area contributed by atoms with Crippen molar-refractivity contribution in [3.8, 4) is 5.75 Å². The first-order chi connectivity index (χ1) is 7.81.